The third kappa shape index (κ3) is 3.36. The van der Waals surface area contributed by atoms with Crippen LogP contribution < -0.4 is 10.2 Å². The monoisotopic (exact) mass is 373 g/mol. The Morgan fingerprint density at radius 1 is 1.40 bits per heavy atom. The molecule has 4 heterocycles. The molecule has 0 aliphatic carbocycles. The number of aryl methyl sites for hydroxylation is 1. The van der Waals surface area contributed by atoms with Crippen LogP contribution in [0, 0.1) is 5.92 Å². The standard InChI is InChI=1S/C17H19N5OS2/c1-2-12-8-13-14(19-10-20-16(13)25-12)22-6-3-4-11(9-22)15(23)21-17-18-5-7-24-17/h5,7-8,10-11H,2-4,6,9H2,1H3,(H,18,21,23). The van der Waals surface area contributed by atoms with Crippen molar-refractivity contribution in [3.05, 3.63) is 28.8 Å². The lowest BCUT2D eigenvalue weighted by Crippen LogP contribution is -2.41. The molecule has 0 spiro atoms. The molecule has 1 unspecified atom stereocenters. The van der Waals surface area contributed by atoms with Gasteiger partial charge in [0.05, 0.1) is 11.3 Å². The first-order chi connectivity index (χ1) is 12.2. The first-order valence-electron chi connectivity index (χ1n) is 8.43. The number of anilines is 2. The van der Waals surface area contributed by atoms with Gasteiger partial charge in [-0.25, -0.2) is 15.0 Å². The molecule has 1 amide bonds. The molecule has 1 N–H and O–H groups in total. The number of thiophene rings is 1. The fourth-order valence-corrected chi connectivity index (χ4v) is 4.66. The zero-order valence-corrected chi connectivity index (χ0v) is 15.6. The van der Waals surface area contributed by atoms with E-state index in [9.17, 15) is 4.79 Å². The van der Waals surface area contributed by atoms with Crippen molar-refractivity contribution in [3.8, 4) is 0 Å². The van der Waals surface area contributed by atoms with Gasteiger partial charge in [0.25, 0.3) is 0 Å². The summed E-state index contributed by atoms with van der Waals surface area (Å²) in [7, 11) is 0. The van der Waals surface area contributed by atoms with Crippen molar-refractivity contribution in [1.29, 1.82) is 0 Å². The Kier molecular flexibility index (Phi) is 4.63. The maximum absolute atomic E-state index is 12.6. The minimum atomic E-state index is -0.0491. The highest BCUT2D eigenvalue weighted by atomic mass is 32.1. The van der Waals surface area contributed by atoms with Gasteiger partial charge in [-0.3, -0.25) is 4.79 Å². The Balaban J connectivity index is 1.55. The number of carbonyl (C=O) groups is 1. The van der Waals surface area contributed by atoms with Gasteiger partial charge in [0.15, 0.2) is 5.13 Å². The van der Waals surface area contributed by atoms with Crippen LogP contribution in [0.4, 0.5) is 10.9 Å². The molecule has 0 saturated carbocycles. The summed E-state index contributed by atoms with van der Waals surface area (Å²) in [5, 5.41) is 6.55. The van der Waals surface area contributed by atoms with Crippen molar-refractivity contribution < 1.29 is 4.79 Å². The van der Waals surface area contributed by atoms with Crippen LogP contribution >= 0.6 is 22.7 Å². The molecule has 0 radical (unpaired) electrons. The quantitative estimate of drug-likeness (QED) is 0.757. The Labute approximate surface area is 153 Å². The van der Waals surface area contributed by atoms with Crippen molar-refractivity contribution in [2.75, 3.05) is 23.3 Å². The molecule has 3 aromatic heterocycles. The first kappa shape index (κ1) is 16.4. The molecule has 1 fully saturated rings. The van der Waals surface area contributed by atoms with E-state index in [1.165, 1.54) is 16.2 Å². The third-order valence-corrected chi connectivity index (χ3v) is 6.34. The van der Waals surface area contributed by atoms with Crippen molar-refractivity contribution >= 4 is 49.7 Å². The molecule has 8 heteroatoms. The fourth-order valence-electron chi connectivity index (χ4n) is 3.20. The average Bonchev–Trinajstić information content (AvgIpc) is 3.30. The highest BCUT2D eigenvalue weighted by molar-refractivity contribution is 7.18. The number of hydrogen-bond acceptors (Lipinski definition) is 7. The van der Waals surface area contributed by atoms with E-state index in [2.05, 4.69) is 38.2 Å². The van der Waals surface area contributed by atoms with Gasteiger partial charge in [0.2, 0.25) is 5.91 Å². The van der Waals surface area contributed by atoms with Crippen LogP contribution in [0.3, 0.4) is 0 Å². The molecule has 0 bridgehead atoms. The fraction of sp³-hybridized carbons (Fsp3) is 0.412. The zero-order chi connectivity index (χ0) is 17.2. The molecular formula is C17H19N5OS2. The summed E-state index contributed by atoms with van der Waals surface area (Å²) < 4.78 is 0. The average molecular weight is 374 g/mol. The molecule has 4 rings (SSSR count). The number of thiazole rings is 1. The number of nitrogens with one attached hydrogen (secondary N) is 1. The largest absolute Gasteiger partial charge is 0.355 e. The van der Waals surface area contributed by atoms with E-state index in [-0.39, 0.29) is 11.8 Å². The summed E-state index contributed by atoms with van der Waals surface area (Å²) in [6.07, 6.45) is 6.21. The summed E-state index contributed by atoms with van der Waals surface area (Å²) in [5.41, 5.74) is 0. The van der Waals surface area contributed by atoms with E-state index < -0.39 is 0 Å². The van der Waals surface area contributed by atoms with E-state index in [4.69, 9.17) is 0 Å². The Morgan fingerprint density at radius 3 is 3.12 bits per heavy atom. The molecule has 1 atom stereocenters. The van der Waals surface area contributed by atoms with Gasteiger partial charge in [0, 0.05) is 29.5 Å². The summed E-state index contributed by atoms with van der Waals surface area (Å²) in [6, 6.07) is 2.19. The SMILES string of the molecule is CCc1cc2c(N3CCCC(C(=O)Nc4nccs4)C3)ncnc2s1. The van der Waals surface area contributed by atoms with Crippen molar-refractivity contribution in [3.63, 3.8) is 0 Å². The predicted molar refractivity (Wildman–Crippen MR) is 102 cm³/mol. The molecule has 6 nitrogen and oxygen atoms in total. The summed E-state index contributed by atoms with van der Waals surface area (Å²) in [5.74, 6) is 0.948. The van der Waals surface area contributed by atoms with Gasteiger partial charge in [-0.1, -0.05) is 6.92 Å². The van der Waals surface area contributed by atoms with E-state index in [1.807, 2.05) is 5.38 Å². The maximum Gasteiger partial charge on any atom is 0.231 e. The molecule has 1 saturated heterocycles. The second-order valence-electron chi connectivity index (χ2n) is 6.09. The van der Waals surface area contributed by atoms with Gasteiger partial charge in [-0.2, -0.15) is 0 Å². The van der Waals surface area contributed by atoms with Gasteiger partial charge in [-0.05, 0) is 25.3 Å². The van der Waals surface area contributed by atoms with E-state index in [0.29, 0.717) is 11.7 Å². The van der Waals surface area contributed by atoms with Crippen LogP contribution in [-0.4, -0.2) is 33.9 Å². The van der Waals surface area contributed by atoms with Crippen molar-refractivity contribution in [2.24, 2.45) is 5.92 Å². The van der Waals surface area contributed by atoms with Gasteiger partial charge >= 0.3 is 0 Å². The summed E-state index contributed by atoms with van der Waals surface area (Å²) in [6.45, 7) is 3.75. The van der Waals surface area contributed by atoms with Crippen molar-refractivity contribution in [1.82, 2.24) is 15.0 Å². The number of piperidine rings is 1. The van der Waals surface area contributed by atoms with Gasteiger partial charge in [-0.15, -0.1) is 22.7 Å². The number of carbonyl (C=O) groups excluding carboxylic acids is 1. The van der Waals surface area contributed by atoms with E-state index >= 15 is 0 Å². The second kappa shape index (κ2) is 7.05. The Hall–Kier alpha value is -2.06. The first-order valence-corrected chi connectivity index (χ1v) is 10.1. The molecule has 1 aliphatic heterocycles. The summed E-state index contributed by atoms with van der Waals surface area (Å²) in [4.78, 5) is 30.2. The highest BCUT2D eigenvalue weighted by Crippen LogP contribution is 2.32. The van der Waals surface area contributed by atoms with Crippen LogP contribution in [0.1, 0.15) is 24.6 Å². The summed E-state index contributed by atoms with van der Waals surface area (Å²) >= 11 is 3.17. The van der Waals surface area contributed by atoms with Crippen LogP contribution in [0.2, 0.25) is 0 Å². The number of hydrogen-bond donors (Lipinski definition) is 1. The van der Waals surface area contributed by atoms with E-state index in [1.54, 1.807) is 23.9 Å². The highest BCUT2D eigenvalue weighted by Gasteiger charge is 2.28. The number of nitrogens with zero attached hydrogens (tertiary/aromatic N) is 4. The molecule has 25 heavy (non-hydrogen) atoms. The second-order valence-corrected chi connectivity index (χ2v) is 8.10. The normalized spacial score (nSPS) is 17.8. The Morgan fingerprint density at radius 2 is 2.32 bits per heavy atom. The molecule has 3 aromatic rings. The number of aromatic nitrogens is 3. The smallest absolute Gasteiger partial charge is 0.231 e. The molecular weight excluding hydrogens is 354 g/mol. The van der Waals surface area contributed by atoms with Crippen LogP contribution in [0.25, 0.3) is 10.2 Å². The number of amides is 1. The lowest BCUT2D eigenvalue weighted by Gasteiger charge is -2.32. The predicted octanol–water partition coefficient (Wildman–Crippen LogP) is 3.57. The van der Waals surface area contributed by atoms with Gasteiger partial charge in [0.1, 0.15) is 17.0 Å². The van der Waals surface area contributed by atoms with Crippen LogP contribution in [-0.2, 0) is 11.2 Å². The lowest BCUT2D eigenvalue weighted by atomic mass is 9.97. The van der Waals surface area contributed by atoms with Crippen LogP contribution in [0.5, 0.6) is 0 Å². The minimum Gasteiger partial charge on any atom is -0.355 e. The third-order valence-electron chi connectivity index (χ3n) is 4.46. The lowest BCUT2D eigenvalue weighted by molar-refractivity contribution is -0.120. The molecule has 0 aromatic carbocycles. The topological polar surface area (TPSA) is 71.0 Å². The van der Waals surface area contributed by atoms with Gasteiger partial charge < -0.3 is 10.2 Å². The molecule has 130 valence electrons. The molecule has 1 aliphatic rings. The number of rotatable bonds is 4. The zero-order valence-electron chi connectivity index (χ0n) is 13.9. The van der Waals surface area contributed by atoms with Crippen molar-refractivity contribution in [2.45, 2.75) is 26.2 Å². The number of fused-ring (bicyclic) bond motifs is 1. The Bertz CT molecular complexity index is 876. The minimum absolute atomic E-state index is 0.0458. The van der Waals surface area contributed by atoms with E-state index in [0.717, 1.165) is 41.8 Å². The maximum atomic E-state index is 12.6. The van der Waals surface area contributed by atoms with Crippen LogP contribution in [0.15, 0.2) is 24.0 Å².